The largest absolute Gasteiger partial charge is 0.481 e. The van der Waals surface area contributed by atoms with Gasteiger partial charge in [-0.25, -0.2) is 4.79 Å². The number of urea groups is 1. The number of carbonyl (C=O) groups is 2. The average Bonchev–Trinajstić information content (AvgIpc) is 2.48. The van der Waals surface area contributed by atoms with Gasteiger partial charge < -0.3 is 20.5 Å². The maximum Gasteiger partial charge on any atom is 0.319 e. The number of amides is 2. The van der Waals surface area contributed by atoms with Crippen LogP contribution in [0.15, 0.2) is 24.3 Å². The van der Waals surface area contributed by atoms with Crippen LogP contribution in [0.1, 0.15) is 18.4 Å². The minimum atomic E-state index is -0.928. The molecule has 1 saturated heterocycles. The Hall–Kier alpha value is -2.08. The number of hydrogen-bond acceptors (Lipinski definition) is 3. The molecule has 1 aliphatic rings. The van der Waals surface area contributed by atoms with Crippen LogP contribution in [0.2, 0.25) is 0 Å². The second-order valence-corrected chi connectivity index (χ2v) is 5.37. The van der Waals surface area contributed by atoms with Crippen LogP contribution in [0.5, 0.6) is 0 Å². The highest BCUT2D eigenvalue weighted by Crippen LogP contribution is 2.30. The Morgan fingerprint density at radius 2 is 1.86 bits per heavy atom. The number of carbonyl (C=O) groups excluding carboxylic acids is 1. The summed E-state index contributed by atoms with van der Waals surface area (Å²) in [5, 5.41) is 14.7. The molecule has 0 bridgehead atoms. The second kappa shape index (κ2) is 6.58. The highest BCUT2D eigenvalue weighted by atomic mass is 16.5. The molecule has 0 aromatic heterocycles. The van der Waals surface area contributed by atoms with Crippen molar-refractivity contribution >= 4 is 17.7 Å². The van der Waals surface area contributed by atoms with E-state index in [1.54, 1.807) is 12.1 Å². The number of aryl methyl sites for hydroxylation is 1. The Morgan fingerprint density at radius 3 is 2.43 bits per heavy atom. The third-order valence-electron chi connectivity index (χ3n) is 3.80. The van der Waals surface area contributed by atoms with Gasteiger partial charge in [0.25, 0.3) is 0 Å². The van der Waals surface area contributed by atoms with Crippen LogP contribution >= 0.6 is 0 Å². The number of aliphatic carboxylic acids is 1. The molecule has 0 atom stereocenters. The van der Waals surface area contributed by atoms with Crippen molar-refractivity contribution in [1.82, 2.24) is 5.32 Å². The summed E-state index contributed by atoms with van der Waals surface area (Å²) in [5.41, 5.74) is 0.852. The monoisotopic (exact) mass is 292 g/mol. The third kappa shape index (κ3) is 3.95. The fraction of sp³-hybridized carbons (Fsp3) is 0.467. The van der Waals surface area contributed by atoms with Crippen molar-refractivity contribution in [1.29, 1.82) is 0 Å². The second-order valence-electron chi connectivity index (χ2n) is 5.37. The first kappa shape index (κ1) is 15.3. The molecule has 1 aromatic rings. The van der Waals surface area contributed by atoms with E-state index in [0.29, 0.717) is 31.7 Å². The van der Waals surface area contributed by atoms with Crippen molar-refractivity contribution in [2.75, 3.05) is 25.1 Å². The predicted molar refractivity (Wildman–Crippen MR) is 78.3 cm³/mol. The van der Waals surface area contributed by atoms with Crippen molar-refractivity contribution in [3.63, 3.8) is 0 Å². The highest BCUT2D eigenvalue weighted by Gasteiger charge is 2.40. The van der Waals surface area contributed by atoms with Crippen molar-refractivity contribution in [2.24, 2.45) is 5.41 Å². The van der Waals surface area contributed by atoms with Crippen LogP contribution in [-0.2, 0) is 9.53 Å². The molecular weight excluding hydrogens is 272 g/mol. The summed E-state index contributed by atoms with van der Waals surface area (Å²) in [5.74, 6) is -0.888. The lowest BCUT2D eigenvalue weighted by Crippen LogP contribution is -2.47. The topological polar surface area (TPSA) is 87.7 Å². The number of nitrogens with one attached hydrogen (secondary N) is 2. The molecule has 0 unspecified atom stereocenters. The number of benzene rings is 1. The van der Waals surface area contributed by atoms with Crippen molar-refractivity contribution in [3.05, 3.63) is 29.8 Å². The number of hydrogen-bond donors (Lipinski definition) is 3. The zero-order chi connectivity index (χ0) is 15.3. The SMILES string of the molecule is Cc1ccc(NC(=O)NCC2(C(=O)O)CCOCC2)cc1. The summed E-state index contributed by atoms with van der Waals surface area (Å²) in [7, 11) is 0. The molecule has 1 fully saturated rings. The van der Waals surface area contributed by atoms with Crippen LogP contribution in [0, 0.1) is 12.3 Å². The van der Waals surface area contributed by atoms with Crippen molar-refractivity contribution < 1.29 is 19.4 Å². The minimum Gasteiger partial charge on any atom is -0.481 e. The van der Waals surface area contributed by atoms with Gasteiger partial charge in [0.15, 0.2) is 0 Å². The summed E-state index contributed by atoms with van der Waals surface area (Å²) in [4.78, 5) is 23.3. The van der Waals surface area contributed by atoms with E-state index >= 15 is 0 Å². The maximum absolute atomic E-state index is 11.9. The number of carboxylic acids is 1. The molecule has 2 rings (SSSR count). The van der Waals surface area contributed by atoms with E-state index in [-0.39, 0.29) is 6.54 Å². The van der Waals surface area contributed by atoms with Gasteiger partial charge in [-0.3, -0.25) is 4.79 Å². The zero-order valence-corrected chi connectivity index (χ0v) is 12.0. The molecule has 3 N–H and O–H groups in total. The summed E-state index contributed by atoms with van der Waals surface area (Å²) in [6.45, 7) is 2.89. The standard InChI is InChI=1S/C15H20N2O4/c1-11-2-4-12(5-3-11)17-14(20)16-10-15(13(18)19)6-8-21-9-7-15/h2-5H,6-10H2,1H3,(H,18,19)(H2,16,17,20). The summed E-state index contributed by atoms with van der Waals surface area (Å²) in [6, 6.07) is 7.00. The lowest BCUT2D eigenvalue weighted by Gasteiger charge is -2.33. The Bertz CT molecular complexity index is 507. The van der Waals surface area contributed by atoms with Gasteiger partial charge in [-0.05, 0) is 31.9 Å². The molecule has 1 aliphatic heterocycles. The predicted octanol–water partition coefficient (Wildman–Crippen LogP) is 2.00. The first-order valence-corrected chi connectivity index (χ1v) is 6.94. The Labute approximate surface area is 123 Å². The summed E-state index contributed by atoms with van der Waals surface area (Å²) < 4.78 is 5.20. The normalized spacial score (nSPS) is 17.0. The van der Waals surface area contributed by atoms with Gasteiger partial charge in [0, 0.05) is 25.4 Å². The van der Waals surface area contributed by atoms with Crippen LogP contribution in [0.3, 0.4) is 0 Å². The van der Waals surface area contributed by atoms with Crippen LogP contribution in [-0.4, -0.2) is 36.9 Å². The van der Waals surface area contributed by atoms with Gasteiger partial charge in [0.05, 0.1) is 5.41 Å². The maximum atomic E-state index is 11.9. The van der Waals surface area contributed by atoms with E-state index < -0.39 is 17.4 Å². The third-order valence-corrected chi connectivity index (χ3v) is 3.80. The molecule has 0 radical (unpaired) electrons. The summed E-state index contributed by atoms with van der Waals surface area (Å²) >= 11 is 0. The first-order valence-electron chi connectivity index (χ1n) is 6.94. The Morgan fingerprint density at radius 1 is 1.24 bits per heavy atom. The van der Waals surface area contributed by atoms with Gasteiger partial charge in [-0.15, -0.1) is 0 Å². The van der Waals surface area contributed by atoms with Crippen LogP contribution in [0.4, 0.5) is 10.5 Å². The van der Waals surface area contributed by atoms with Gasteiger partial charge in [-0.1, -0.05) is 17.7 Å². The number of carboxylic acid groups (broad SMARTS) is 1. The highest BCUT2D eigenvalue weighted by molar-refractivity contribution is 5.89. The van der Waals surface area contributed by atoms with E-state index in [9.17, 15) is 14.7 Å². The van der Waals surface area contributed by atoms with Gasteiger partial charge in [0.1, 0.15) is 0 Å². The average molecular weight is 292 g/mol. The molecule has 6 nitrogen and oxygen atoms in total. The lowest BCUT2D eigenvalue weighted by molar-refractivity contribution is -0.154. The molecule has 2 amide bonds. The minimum absolute atomic E-state index is 0.101. The molecule has 6 heteroatoms. The molecule has 21 heavy (non-hydrogen) atoms. The van der Waals surface area contributed by atoms with E-state index in [1.165, 1.54) is 0 Å². The number of anilines is 1. The molecule has 1 aromatic carbocycles. The zero-order valence-electron chi connectivity index (χ0n) is 12.0. The Kier molecular flexibility index (Phi) is 4.80. The van der Waals surface area contributed by atoms with E-state index in [4.69, 9.17) is 4.74 Å². The van der Waals surface area contributed by atoms with Gasteiger partial charge in [0.2, 0.25) is 0 Å². The molecule has 1 heterocycles. The lowest BCUT2D eigenvalue weighted by atomic mass is 9.80. The Balaban J connectivity index is 1.90. The van der Waals surface area contributed by atoms with Gasteiger partial charge >= 0.3 is 12.0 Å². The molecular formula is C15H20N2O4. The van der Waals surface area contributed by atoms with E-state index in [0.717, 1.165) is 5.56 Å². The van der Waals surface area contributed by atoms with E-state index in [1.807, 2.05) is 19.1 Å². The number of rotatable bonds is 4. The molecule has 114 valence electrons. The molecule has 0 aliphatic carbocycles. The molecule has 0 spiro atoms. The smallest absolute Gasteiger partial charge is 0.319 e. The molecule has 0 saturated carbocycles. The van der Waals surface area contributed by atoms with Crippen LogP contribution in [0.25, 0.3) is 0 Å². The van der Waals surface area contributed by atoms with Crippen molar-refractivity contribution in [3.8, 4) is 0 Å². The fourth-order valence-corrected chi connectivity index (χ4v) is 2.29. The summed E-state index contributed by atoms with van der Waals surface area (Å²) in [6.07, 6.45) is 0.820. The van der Waals surface area contributed by atoms with Gasteiger partial charge in [-0.2, -0.15) is 0 Å². The quantitative estimate of drug-likeness (QED) is 0.792. The number of ether oxygens (including phenoxy) is 1. The van der Waals surface area contributed by atoms with Crippen LogP contribution < -0.4 is 10.6 Å². The first-order chi connectivity index (χ1) is 10.0. The van der Waals surface area contributed by atoms with Crippen molar-refractivity contribution in [2.45, 2.75) is 19.8 Å². The fourth-order valence-electron chi connectivity index (χ4n) is 2.29. The van der Waals surface area contributed by atoms with E-state index in [2.05, 4.69) is 10.6 Å².